The fourth-order valence-electron chi connectivity index (χ4n) is 10.5. The second-order valence-electron chi connectivity index (χ2n) is 18.0. The molecule has 0 atom stereocenters. The third-order valence-electron chi connectivity index (χ3n) is 13.7. The molecule has 11 rings (SSSR count). The highest BCUT2D eigenvalue weighted by molar-refractivity contribution is 6.00. The lowest BCUT2D eigenvalue weighted by molar-refractivity contribution is 0.653. The van der Waals surface area contributed by atoms with Crippen molar-refractivity contribution in [1.82, 2.24) is 0 Å². The highest BCUT2D eigenvalue weighted by Gasteiger charge is 2.44. The van der Waals surface area contributed by atoms with Gasteiger partial charge < -0.3 is 4.90 Å². The average Bonchev–Trinajstić information content (AvgIpc) is 3.68. The number of rotatable bonds is 7. The highest BCUT2D eigenvalue weighted by Crippen LogP contribution is 2.60. The van der Waals surface area contributed by atoms with Gasteiger partial charge in [0, 0.05) is 27.9 Å². The Morgan fingerprint density at radius 1 is 0.377 bits per heavy atom. The van der Waals surface area contributed by atoms with Crippen molar-refractivity contribution in [2.24, 2.45) is 0 Å². The summed E-state index contributed by atoms with van der Waals surface area (Å²) in [6.45, 7) is 9.71. The zero-order chi connectivity index (χ0) is 41.3. The number of hydrogen-bond acceptors (Lipinski definition) is 1. The molecular formula is C60H49N. The molecule has 1 heteroatoms. The summed E-state index contributed by atoms with van der Waals surface area (Å²) in [6, 6.07) is 67.8. The van der Waals surface area contributed by atoms with E-state index in [-0.39, 0.29) is 10.8 Å². The molecule has 8 aromatic carbocycles. The predicted molar refractivity (Wildman–Crippen MR) is 259 cm³/mol. The molecule has 0 N–H and O–H groups in total. The van der Waals surface area contributed by atoms with Crippen LogP contribution in [0, 0.1) is 0 Å². The van der Waals surface area contributed by atoms with Crippen LogP contribution in [0.15, 0.2) is 200 Å². The van der Waals surface area contributed by atoms with Crippen molar-refractivity contribution in [3.05, 3.63) is 228 Å². The van der Waals surface area contributed by atoms with Crippen LogP contribution in [-0.2, 0) is 10.8 Å². The van der Waals surface area contributed by atoms with E-state index in [1.54, 1.807) is 0 Å². The molecule has 0 bridgehead atoms. The molecule has 0 unspecified atom stereocenters. The van der Waals surface area contributed by atoms with Gasteiger partial charge in [0.25, 0.3) is 0 Å². The van der Waals surface area contributed by atoms with E-state index in [9.17, 15) is 0 Å². The molecule has 0 fully saturated rings. The number of anilines is 3. The Hall–Kier alpha value is -6.96. The van der Waals surface area contributed by atoms with Crippen LogP contribution in [0.1, 0.15) is 68.4 Å². The van der Waals surface area contributed by atoms with Gasteiger partial charge in [-0.15, -0.1) is 0 Å². The first-order chi connectivity index (χ1) is 29.8. The molecule has 0 amide bonds. The van der Waals surface area contributed by atoms with E-state index in [1.807, 2.05) is 0 Å². The van der Waals surface area contributed by atoms with Crippen molar-refractivity contribution in [1.29, 1.82) is 0 Å². The summed E-state index contributed by atoms with van der Waals surface area (Å²) < 4.78 is 0. The van der Waals surface area contributed by atoms with E-state index in [0.717, 1.165) is 29.9 Å². The van der Waals surface area contributed by atoms with Gasteiger partial charge >= 0.3 is 0 Å². The summed E-state index contributed by atoms with van der Waals surface area (Å²) in [5.41, 5.74) is 24.1. The molecule has 0 saturated heterocycles. The minimum absolute atomic E-state index is 0.208. The Kier molecular flexibility index (Phi) is 8.72. The van der Waals surface area contributed by atoms with Gasteiger partial charge in [-0.3, -0.25) is 0 Å². The molecule has 1 nitrogen and oxygen atoms in total. The van der Waals surface area contributed by atoms with Crippen LogP contribution in [0.25, 0.3) is 61.2 Å². The average molecular weight is 784 g/mol. The van der Waals surface area contributed by atoms with Crippen LogP contribution in [0.5, 0.6) is 0 Å². The minimum Gasteiger partial charge on any atom is -0.310 e. The van der Waals surface area contributed by atoms with Crippen molar-refractivity contribution in [2.45, 2.75) is 51.4 Å². The van der Waals surface area contributed by atoms with Crippen LogP contribution in [0.2, 0.25) is 0 Å². The summed E-state index contributed by atoms with van der Waals surface area (Å²) in [5, 5.41) is 0. The van der Waals surface area contributed by atoms with E-state index in [2.05, 4.69) is 233 Å². The van der Waals surface area contributed by atoms with Crippen LogP contribution in [0.4, 0.5) is 17.1 Å². The minimum atomic E-state index is -0.223. The molecule has 61 heavy (non-hydrogen) atoms. The number of allylic oxidation sites excluding steroid dienone is 4. The van der Waals surface area contributed by atoms with Crippen LogP contribution >= 0.6 is 0 Å². The summed E-state index contributed by atoms with van der Waals surface area (Å²) >= 11 is 0. The van der Waals surface area contributed by atoms with Gasteiger partial charge in [0.05, 0.1) is 0 Å². The molecule has 0 aliphatic heterocycles. The molecule has 0 heterocycles. The number of hydrogen-bond donors (Lipinski definition) is 0. The quantitative estimate of drug-likeness (QED) is 0.156. The van der Waals surface area contributed by atoms with Crippen LogP contribution in [0.3, 0.4) is 0 Å². The molecule has 0 spiro atoms. The molecule has 3 aliphatic carbocycles. The van der Waals surface area contributed by atoms with Gasteiger partial charge in [-0.05, 0) is 150 Å². The highest BCUT2D eigenvalue weighted by atomic mass is 15.1. The second-order valence-corrected chi connectivity index (χ2v) is 18.0. The lowest BCUT2D eigenvalue weighted by atomic mass is 9.77. The monoisotopic (exact) mass is 783 g/mol. The molecule has 3 aliphatic rings. The Morgan fingerprint density at radius 3 is 1.49 bits per heavy atom. The maximum Gasteiger partial charge on any atom is 0.0465 e. The summed E-state index contributed by atoms with van der Waals surface area (Å²) in [7, 11) is 0. The fourth-order valence-corrected chi connectivity index (χ4v) is 10.5. The second kappa shape index (κ2) is 14.4. The third-order valence-corrected chi connectivity index (χ3v) is 13.7. The van der Waals surface area contributed by atoms with Gasteiger partial charge in [-0.25, -0.2) is 0 Å². The lowest BCUT2D eigenvalue weighted by Crippen LogP contribution is -2.18. The first kappa shape index (κ1) is 37.1. The zero-order valence-corrected chi connectivity index (χ0v) is 35.4. The first-order valence-corrected chi connectivity index (χ1v) is 21.8. The van der Waals surface area contributed by atoms with Crippen LogP contribution in [-0.4, -0.2) is 0 Å². The third kappa shape index (κ3) is 6.06. The number of fused-ring (bicyclic) bond motifs is 6. The van der Waals surface area contributed by atoms with Gasteiger partial charge in [-0.2, -0.15) is 0 Å². The smallest absolute Gasteiger partial charge is 0.0465 e. The maximum absolute atomic E-state index is 2.56. The molecular weight excluding hydrogens is 735 g/mol. The van der Waals surface area contributed by atoms with Crippen molar-refractivity contribution < 1.29 is 0 Å². The van der Waals surface area contributed by atoms with E-state index >= 15 is 0 Å². The Labute approximate surface area is 361 Å². The van der Waals surface area contributed by atoms with E-state index in [0.29, 0.717) is 0 Å². The van der Waals surface area contributed by atoms with Crippen molar-refractivity contribution in [2.75, 3.05) is 4.90 Å². The first-order valence-electron chi connectivity index (χ1n) is 21.8. The molecule has 0 saturated carbocycles. The fraction of sp³-hybridized carbons (Fsp3) is 0.133. The normalized spacial score (nSPS) is 15.0. The van der Waals surface area contributed by atoms with Crippen molar-refractivity contribution >= 4 is 22.6 Å². The Bertz CT molecular complexity index is 3020. The molecule has 0 aromatic heterocycles. The Balaban J connectivity index is 1.05. The van der Waals surface area contributed by atoms with E-state index < -0.39 is 0 Å². The number of benzene rings is 8. The van der Waals surface area contributed by atoms with Crippen molar-refractivity contribution in [3.63, 3.8) is 0 Å². The number of nitrogens with zero attached hydrogens (tertiary/aromatic N) is 1. The van der Waals surface area contributed by atoms with Crippen LogP contribution < -0.4 is 4.90 Å². The predicted octanol–water partition coefficient (Wildman–Crippen LogP) is 16.5. The van der Waals surface area contributed by atoms with Gasteiger partial charge in [0.1, 0.15) is 0 Å². The topological polar surface area (TPSA) is 3.24 Å². The zero-order valence-electron chi connectivity index (χ0n) is 35.4. The SMILES string of the molecule is CC1(C)c2cc(N(c3ccc(C4=CCCC=C4)cc3)c3ccc(-c4ccccc4)cc3)ccc2-c2cc3c(cc21)-c1c(-c2ccccc2)ccc(-c2ccccc2)c1C3(C)C. The van der Waals surface area contributed by atoms with Gasteiger partial charge in [0.15, 0.2) is 0 Å². The molecule has 294 valence electrons. The summed E-state index contributed by atoms with van der Waals surface area (Å²) in [5.74, 6) is 0. The largest absolute Gasteiger partial charge is 0.310 e. The molecule has 0 radical (unpaired) electrons. The molecule has 8 aromatic rings. The van der Waals surface area contributed by atoms with E-state index in [4.69, 9.17) is 0 Å². The Morgan fingerprint density at radius 2 is 0.869 bits per heavy atom. The van der Waals surface area contributed by atoms with Gasteiger partial charge in [-0.1, -0.05) is 179 Å². The lowest BCUT2D eigenvalue weighted by Gasteiger charge is -2.28. The van der Waals surface area contributed by atoms with E-state index in [1.165, 1.54) is 89.0 Å². The van der Waals surface area contributed by atoms with Gasteiger partial charge in [0.2, 0.25) is 0 Å². The maximum atomic E-state index is 2.56. The van der Waals surface area contributed by atoms with Crippen molar-refractivity contribution in [3.8, 4) is 55.6 Å². The standard InChI is InChI=1S/C60H49N/c1-59(2)54-37-48(61(46-29-25-42(26-30-46)40-17-9-5-10-18-40)47-31-27-43(28-32-47)41-19-11-6-12-20-41)33-34-51(54)52-38-56-53(39-55(52)59)57-49(44-21-13-7-14-22-44)35-36-50(58(57)60(56,3)4)45-23-15-8-16-24-45/h5,7-11,13-39H,6,12H2,1-4H3. The summed E-state index contributed by atoms with van der Waals surface area (Å²) in [6.07, 6.45) is 9.11. The summed E-state index contributed by atoms with van der Waals surface area (Å²) in [4.78, 5) is 2.43.